The molecule has 2 unspecified atom stereocenters. The molecule has 25 heavy (non-hydrogen) atoms. The van der Waals surface area contributed by atoms with Gasteiger partial charge in [0.2, 0.25) is 0 Å². The van der Waals surface area contributed by atoms with E-state index in [0.717, 1.165) is 45.4 Å². The highest BCUT2D eigenvalue weighted by Crippen LogP contribution is 2.18. The maximum Gasteiger partial charge on any atom is 0.191 e. The van der Waals surface area contributed by atoms with Gasteiger partial charge in [-0.2, -0.15) is 0 Å². The number of morpholine rings is 1. The van der Waals surface area contributed by atoms with Gasteiger partial charge in [0.15, 0.2) is 5.96 Å². The molecule has 2 aliphatic heterocycles. The quantitative estimate of drug-likeness (QED) is 0.258. The Kier molecular flexibility index (Phi) is 11.3. The largest absolute Gasteiger partial charge is 0.379 e. The minimum atomic E-state index is 0. The van der Waals surface area contributed by atoms with Crippen LogP contribution in [0.15, 0.2) is 4.99 Å². The first-order valence-electron chi connectivity index (χ1n) is 9.61. The molecule has 0 aromatic carbocycles. The predicted octanol–water partition coefficient (Wildman–Crippen LogP) is 1.61. The molecule has 7 heteroatoms. The third-order valence-electron chi connectivity index (χ3n) is 5.21. The summed E-state index contributed by atoms with van der Waals surface area (Å²) < 4.78 is 5.39. The molecule has 0 saturated carbocycles. The molecule has 0 amide bonds. The van der Waals surface area contributed by atoms with Gasteiger partial charge >= 0.3 is 0 Å². The van der Waals surface area contributed by atoms with Gasteiger partial charge in [-0.3, -0.25) is 14.8 Å². The van der Waals surface area contributed by atoms with Crippen LogP contribution in [0.1, 0.15) is 33.6 Å². The molecular weight excluding hydrogens is 429 g/mol. The normalized spacial score (nSPS) is 25.9. The number of halogens is 1. The molecule has 2 saturated heterocycles. The minimum absolute atomic E-state index is 0. The Hall–Kier alpha value is -0.120. The summed E-state index contributed by atoms with van der Waals surface area (Å²) in [6.45, 7) is 15.3. The summed E-state index contributed by atoms with van der Waals surface area (Å²) in [5.74, 6) is 1.61. The molecule has 2 atom stereocenters. The zero-order chi connectivity index (χ0) is 17.4. The summed E-state index contributed by atoms with van der Waals surface area (Å²) in [6.07, 6.45) is 2.40. The van der Waals surface area contributed by atoms with Gasteiger partial charge in [-0.05, 0) is 39.2 Å². The summed E-state index contributed by atoms with van der Waals surface area (Å²) in [7, 11) is 1.86. The van der Waals surface area contributed by atoms with Crippen LogP contribution in [0.3, 0.4) is 0 Å². The Morgan fingerprint density at radius 3 is 2.52 bits per heavy atom. The first-order valence-corrected chi connectivity index (χ1v) is 9.61. The fraction of sp³-hybridized carbons (Fsp3) is 0.944. The van der Waals surface area contributed by atoms with Gasteiger partial charge < -0.3 is 15.4 Å². The Bertz CT molecular complexity index is 388. The molecule has 2 aliphatic rings. The summed E-state index contributed by atoms with van der Waals surface area (Å²) in [5.41, 5.74) is 0. The molecule has 0 radical (unpaired) electrons. The zero-order valence-corrected chi connectivity index (χ0v) is 18.8. The van der Waals surface area contributed by atoms with Gasteiger partial charge in [-0.1, -0.05) is 6.92 Å². The lowest BCUT2D eigenvalue weighted by molar-refractivity contribution is 0.0372. The number of aliphatic imine (C=N–C) groups is 1. The lowest BCUT2D eigenvalue weighted by atomic mass is 10.1. The zero-order valence-electron chi connectivity index (χ0n) is 16.5. The van der Waals surface area contributed by atoms with Crippen molar-refractivity contribution in [2.45, 2.75) is 45.7 Å². The van der Waals surface area contributed by atoms with E-state index in [0.29, 0.717) is 18.0 Å². The Balaban J connectivity index is 0.00000312. The van der Waals surface area contributed by atoms with Crippen LogP contribution in [-0.2, 0) is 4.74 Å². The van der Waals surface area contributed by atoms with Gasteiger partial charge in [0, 0.05) is 51.9 Å². The third-order valence-corrected chi connectivity index (χ3v) is 5.21. The van der Waals surface area contributed by atoms with Crippen LogP contribution in [0, 0.1) is 5.92 Å². The van der Waals surface area contributed by atoms with Gasteiger partial charge in [0.25, 0.3) is 0 Å². The van der Waals surface area contributed by atoms with Gasteiger partial charge in [-0.25, -0.2) is 0 Å². The summed E-state index contributed by atoms with van der Waals surface area (Å²) >= 11 is 0. The van der Waals surface area contributed by atoms with Crippen molar-refractivity contribution in [1.82, 2.24) is 20.4 Å². The van der Waals surface area contributed by atoms with E-state index in [1.807, 2.05) is 7.05 Å². The fourth-order valence-electron chi connectivity index (χ4n) is 3.48. The van der Waals surface area contributed by atoms with E-state index in [9.17, 15) is 0 Å². The second-order valence-corrected chi connectivity index (χ2v) is 7.44. The molecule has 2 heterocycles. The number of hydrogen-bond donors (Lipinski definition) is 2. The van der Waals surface area contributed by atoms with Gasteiger partial charge in [-0.15, -0.1) is 24.0 Å². The predicted molar refractivity (Wildman–Crippen MR) is 116 cm³/mol. The first kappa shape index (κ1) is 22.9. The molecule has 0 bridgehead atoms. The standard InChI is InChI=1S/C18H37N5O.HI/c1-15(2)23-13-16(3)17(14-23)21-18(19-4)20-7-5-6-8-22-9-11-24-12-10-22;/h15-17H,5-14H2,1-4H3,(H2,19,20,21);1H. The van der Waals surface area contributed by atoms with Crippen molar-refractivity contribution in [3.05, 3.63) is 0 Å². The number of likely N-dealkylation sites (tertiary alicyclic amines) is 1. The molecule has 148 valence electrons. The molecule has 6 nitrogen and oxygen atoms in total. The van der Waals surface area contributed by atoms with E-state index in [1.54, 1.807) is 0 Å². The Labute approximate surface area is 171 Å². The van der Waals surface area contributed by atoms with Crippen LogP contribution in [0.25, 0.3) is 0 Å². The van der Waals surface area contributed by atoms with Crippen LogP contribution < -0.4 is 10.6 Å². The molecular formula is C18H38IN5O. The average molecular weight is 467 g/mol. The second kappa shape index (κ2) is 12.3. The second-order valence-electron chi connectivity index (χ2n) is 7.44. The average Bonchev–Trinajstić information content (AvgIpc) is 2.95. The lowest BCUT2D eigenvalue weighted by Crippen LogP contribution is -2.47. The van der Waals surface area contributed by atoms with Crippen molar-refractivity contribution in [3.63, 3.8) is 0 Å². The number of guanidine groups is 1. The van der Waals surface area contributed by atoms with Crippen molar-refractivity contribution in [2.24, 2.45) is 10.9 Å². The molecule has 2 rings (SSSR count). The van der Waals surface area contributed by atoms with Crippen molar-refractivity contribution in [3.8, 4) is 0 Å². The number of nitrogens with one attached hydrogen (secondary N) is 2. The van der Waals surface area contributed by atoms with Crippen LogP contribution in [-0.4, -0.2) is 87.4 Å². The molecule has 0 spiro atoms. The maximum atomic E-state index is 5.39. The van der Waals surface area contributed by atoms with E-state index in [1.165, 1.54) is 25.9 Å². The summed E-state index contributed by atoms with van der Waals surface area (Å²) in [6, 6.07) is 1.11. The number of nitrogens with zero attached hydrogens (tertiary/aromatic N) is 3. The van der Waals surface area contributed by atoms with Crippen LogP contribution in [0.4, 0.5) is 0 Å². The molecule has 0 aromatic heterocycles. The smallest absolute Gasteiger partial charge is 0.191 e. The van der Waals surface area contributed by atoms with Crippen molar-refractivity contribution in [2.75, 3.05) is 59.5 Å². The van der Waals surface area contributed by atoms with E-state index in [4.69, 9.17) is 4.74 Å². The number of hydrogen-bond acceptors (Lipinski definition) is 4. The highest BCUT2D eigenvalue weighted by Gasteiger charge is 2.31. The highest BCUT2D eigenvalue weighted by atomic mass is 127. The van der Waals surface area contributed by atoms with Gasteiger partial charge in [0.05, 0.1) is 13.2 Å². The summed E-state index contributed by atoms with van der Waals surface area (Å²) in [4.78, 5) is 9.43. The van der Waals surface area contributed by atoms with Crippen LogP contribution >= 0.6 is 24.0 Å². The van der Waals surface area contributed by atoms with Crippen LogP contribution in [0.5, 0.6) is 0 Å². The first-order chi connectivity index (χ1) is 11.6. The van der Waals surface area contributed by atoms with E-state index < -0.39 is 0 Å². The van der Waals surface area contributed by atoms with Crippen molar-refractivity contribution in [1.29, 1.82) is 0 Å². The SMILES string of the molecule is CN=C(NCCCCN1CCOCC1)NC1CN(C(C)C)CC1C.I. The number of unbranched alkanes of at least 4 members (excludes halogenated alkanes) is 1. The molecule has 2 N–H and O–H groups in total. The monoisotopic (exact) mass is 467 g/mol. The topological polar surface area (TPSA) is 52.1 Å². The number of ether oxygens (including phenoxy) is 1. The van der Waals surface area contributed by atoms with E-state index in [2.05, 4.69) is 46.2 Å². The maximum absolute atomic E-state index is 5.39. The third kappa shape index (κ3) is 7.97. The summed E-state index contributed by atoms with van der Waals surface area (Å²) in [5, 5.41) is 7.09. The Morgan fingerprint density at radius 2 is 1.92 bits per heavy atom. The molecule has 2 fully saturated rings. The molecule has 0 aliphatic carbocycles. The van der Waals surface area contributed by atoms with Crippen molar-refractivity contribution >= 4 is 29.9 Å². The van der Waals surface area contributed by atoms with E-state index >= 15 is 0 Å². The van der Waals surface area contributed by atoms with Crippen LogP contribution in [0.2, 0.25) is 0 Å². The lowest BCUT2D eigenvalue weighted by Gasteiger charge is -2.26. The van der Waals surface area contributed by atoms with Gasteiger partial charge in [0.1, 0.15) is 0 Å². The minimum Gasteiger partial charge on any atom is -0.379 e. The van der Waals surface area contributed by atoms with E-state index in [-0.39, 0.29) is 24.0 Å². The van der Waals surface area contributed by atoms with Crippen molar-refractivity contribution < 1.29 is 4.74 Å². The Morgan fingerprint density at radius 1 is 1.20 bits per heavy atom. The molecule has 0 aromatic rings. The fourth-order valence-corrected chi connectivity index (χ4v) is 3.48. The highest BCUT2D eigenvalue weighted by molar-refractivity contribution is 14.0. The number of rotatable bonds is 7.